The number of nitrogens with one attached hydrogen (secondary N) is 1. The van der Waals surface area contributed by atoms with Crippen LogP contribution in [0.1, 0.15) is 46.0 Å². The van der Waals surface area contributed by atoms with Crippen LogP contribution in [0.5, 0.6) is 0 Å². The first kappa shape index (κ1) is 21.0. The highest BCUT2D eigenvalue weighted by atomic mass is 32.2. The minimum Gasteiger partial charge on any atom is -0.462 e. The summed E-state index contributed by atoms with van der Waals surface area (Å²) in [5.41, 5.74) is 1.96. The number of carbonyl (C=O) groups excluding carboxylic acids is 2. The van der Waals surface area contributed by atoms with Crippen LogP contribution in [0.2, 0.25) is 0 Å². The minimum absolute atomic E-state index is 0.177. The summed E-state index contributed by atoms with van der Waals surface area (Å²) in [5, 5.41) is 2.77. The Morgan fingerprint density at radius 3 is 2.28 bits per heavy atom. The highest BCUT2D eigenvalue weighted by molar-refractivity contribution is 7.89. The number of anilines is 1. The summed E-state index contributed by atoms with van der Waals surface area (Å²) < 4.78 is 31.6. The molecule has 0 saturated carbocycles. The van der Waals surface area contributed by atoms with Crippen molar-refractivity contribution < 1.29 is 22.7 Å². The lowest BCUT2D eigenvalue weighted by atomic mass is 10.1. The topological polar surface area (TPSA) is 92.8 Å². The van der Waals surface area contributed by atoms with Gasteiger partial charge in [-0.2, -0.15) is 4.31 Å². The van der Waals surface area contributed by atoms with Crippen molar-refractivity contribution in [2.75, 3.05) is 25.0 Å². The number of carbonyl (C=O) groups is 2. The fourth-order valence-corrected chi connectivity index (χ4v) is 4.67. The Hall–Kier alpha value is -2.71. The lowest BCUT2D eigenvalue weighted by molar-refractivity contribution is 0.0526. The minimum atomic E-state index is -3.52. The van der Waals surface area contributed by atoms with Gasteiger partial charge in [0.05, 0.1) is 17.1 Å². The standard InChI is InChI=1S/C21H24N2O5S/c1-3-28-21(25)17-7-6-15(2)19(14-17)22-20(24)16-8-10-18(11-9-16)29(26,27)23-12-4-5-13-23/h6-11,14H,3-5,12-13H2,1-2H3,(H,22,24). The molecule has 0 radical (unpaired) electrons. The monoisotopic (exact) mass is 416 g/mol. The van der Waals surface area contributed by atoms with Gasteiger partial charge in [0.2, 0.25) is 10.0 Å². The first-order chi connectivity index (χ1) is 13.8. The second kappa shape index (κ2) is 8.75. The maximum Gasteiger partial charge on any atom is 0.338 e. The second-order valence-corrected chi connectivity index (χ2v) is 8.78. The Morgan fingerprint density at radius 1 is 1.03 bits per heavy atom. The van der Waals surface area contributed by atoms with Gasteiger partial charge in [-0.15, -0.1) is 0 Å². The molecule has 0 aromatic heterocycles. The van der Waals surface area contributed by atoms with E-state index in [4.69, 9.17) is 4.74 Å². The second-order valence-electron chi connectivity index (χ2n) is 6.84. The van der Waals surface area contributed by atoms with Crippen molar-refractivity contribution >= 4 is 27.6 Å². The molecule has 0 spiro atoms. The normalized spacial score (nSPS) is 14.6. The van der Waals surface area contributed by atoms with Crippen molar-refractivity contribution in [2.45, 2.75) is 31.6 Å². The van der Waals surface area contributed by atoms with Gasteiger partial charge in [-0.25, -0.2) is 13.2 Å². The summed E-state index contributed by atoms with van der Waals surface area (Å²) in [6.45, 7) is 4.86. The molecular weight excluding hydrogens is 392 g/mol. The maximum atomic E-state index is 12.6. The van der Waals surface area contributed by atoms with Crippen molar-refractivity contribution in [3.63, 3.8) is 0 Å². The Morgan fingerprint density at radius 2 is 1.66 bits per heavy atom. The molecule has 8 heteroatoms. The lowest BCUT2D eigenvalue weighted by Crippen LogP contribution is -2.27. The number of sulfonamides is 1. The molecule has 1 heterocycles. The number of ether oxygens (including phenoxy) is 1. The van der Waals surface area contributed by atoms with E-state index in [0.29, 0.717) is 29.9 Å². The molecule has 1 fully saturated rings. The predicted molar refractivity (Wildman–Crippen MR) is 110 cm³/mol. The van der Waals surface area contributed by atoms with Crippen molar-refractivity contribution in [2.24, 2.45) is 0 Å². The zero-order chi connectivity index (χ0) is 21.0. The van der Waals surface area contributed by atoms with E-state index in [2.05, 4.69) is 5.32 Å². The fourth-order valence-electron chi connectivity index (χ4n) is 3.15. The highest BCUT2D eigenvalue weighted by Gasteiger charge is 2.27. The molecule has 0 unspecified atom stereocenters. The molecule has 2 aromatic carbocycles. The molecule has 1 amide bonds. The zero-order valence-electron chi connectivity index (χ0n) is 16.5. The van der Waals surface area contributed by atoms with Gasteiger partial charge in [-0.05, 0) is 68.7 Å². The maximum absolute atomic E-state index is 12.6. The van der Waals surface area contributed by atoms with Gasteiger partial charge in [0.25, 0.3) is 5.91 Å². The molecule has 0 bridgehead atoms. The largest absolute Gasteiger partial charge is 0.462 e. The zero-order valence-corrected chi connectivity index (χ0v) is 17.3. The Balaban J connectivity index is 1.76. The van der Waals surface area contributed by atoms with Gasteiger partial charge in [0, 0.05) is 24.3 Å². The average Bonchev–Trinajstić information content (AvgIpc) is 3.25. The van der Waals surface area contributed by atoms with E-state index < -0.39 is 16.0 Å². The van der Waals surface area contributed by atoms with Crippen LogP contribution in [-0.2, 0) is 14.8 Å². The van der Waals surface area contributed by atoms with E-state index in [0.717, 1.165) is 18.4 Å². The summed E-state index contributed by atoms with van der Waals surface area (Å²) in [6.07, 6.45) is 1.73. The number of amides is 1. The van der Waals surface area contributed by atoms with E-state index in [-0.39, 0.29) is 17.4 Å². The van der Waals surface area contributed by atoms with Gasteiger partial charge < -0.3 is 10.1 Å². The van der Waals surface area contributed by atoms with Gasteiger partial charge >= 0.3 is 5.97 Å². The molecule has 0 aliphatic carbocycles. The quantitative estimate of drug-likeness (QED) is 0.730. The summed E-state index contributed by atoms with van der Waals surface area (Å²) in [6, 6.07) is 10.8. The van der Waals surface area contributed by atoms with Crippen LogP contribution in [-0.4, -0.2) is 44.3 Å². The molecule has 29 heavy (non-hydrogen) atoms. The van der Waals surface area contributed by atoms with Crippen molar-refractivity contribution in [3.05, 3.63) is 59.2 Å². The number of aryl methyl sites for hydroxylation is 1. The van der Waals surface area contributed by atoms with E-state index in [1.807, 2.05) is 6.92 Å². The molecule has 0 atom stereocenters. The van der Waals surface area contributed by atoms with Crippen molar-refractivity contribution in [1.29, 1.82) is 0 Å². The fraction of sp³-hybridized carbons (Fsp3) is 0.333. The van der Waals surface area contributed by atoms with Gasteiger partial charge in [0.15, 0.2) is 0 Å². The third kappa shape index (κ3) is 4.65. The number of benzene rings is 2. The van der Waals surface area contributed by atoms with E-state index in [1.165, 1.54) is 28.6 Å². The van der Waals surface area contributed by atoms with Gasteiger partial charge in [-0.1, -0.05) is 6.07 Å². The summed E-state index contributed by atoms with van der Waals surface area (Å²) in [5.74, 6) is -0.848. The SMILES string of the molecule is CCOC(=O)c1ccc(C)c(NC(=O)c2ccc(S(=O)(=O)N3CCCC3)cc2)c1. The number of esters is 1. The van der Waals surface area contributed by atoms with E-state index in [9.17, 15) is 18.0 Å². The first-order valence-electron chi connectivity index (χ1n) is 9.52. The molecule has 2 aromatic rings. The lowest BCUT2D eigenvalue weighted by Gasteiger charge is -2.15. The van der Waals surface area contributed by atoms with Crippen LogP contribution in [0, 0.1) is 6.92 Å². The Bertz CT molecular complexity index is 1010. The van der Waals surface area contributed by atoms with Crippen LogP contribution in [0.4, 0.5) is 5.69 Å². The van der Waals surface area contributed by atoms with Crippen LogP contribution < -0.4 is 5.32 Å². The van der Waals surface area contributed by atoms with Gasteiger partial charge in [0.1, 0.15) is 0 Å². The number of hydrogen-bond acceptors (Lipinski definition) is 5. The summed E-state index contributed by atoms with van der Waals surface area (Å²) in [4.78, 5) is 24.7. The van der Waals surface area contributed by atoms with Crippen LogP contribution >= 0.6 is 0 Å². The number of hydrogen-bond donors (Lipinski definition) is 1. The van der Waals surface area contributed by atoms with Gasteiger partial charge in [-0.3, -0.25) is 4.79 Å². The summed E-state index contributed by atoms with van der Waals surface area (Å²) >= 11 is 0. The number of rotatable bonds is 6. The molecule has 7 nitrogen and oxygen atoms in total. The molecule has 1 aliphatic heterocycles. The smallest absolute Gasteiger partial charge is 0.338 e. The molecule has 1 N–H and O–H groups in total. The average molecular weight is 416 g/mol. The Labute approximate surface area is 170 Å². The van der Waals surface area contributed by atoms with Crippen LogP contribution in [0.3, 0.4) is 0 Å². The van der Waals surface area contributed by atoms with Crippen LogP contribution in [0.25, 0.3) is 0 Å². The third-order valence-electron chi connectivity index (χ3n) is 4.82. The van der Waals surface area contributed by atoms with E-state index >= 15 is 0 Å². The van der Waals surface area contributed by atoms with Crippen LogP contribution in [0.15, 0.2) is 47.4 Å². The summed E-state index contributed by atoms with van der Waals surface area (Å²) in [7, 11) is -3.52. The predicted octanol–water partition coefficient (Wildman–Crippen LogP) is 3.21. The molecule has 3 rings (SSSR count). The molecule has 154 valence electrons. The highest BCUT2D eigenvalue weighted by Crippen LogP contribution is 2.22. The first-order valence-corrected chi connectivity index (χ1v) is 11.0. The molecular formula is C21H24N2O5S. The van der Waals surface area contributed by atoms with Crippen molar-refractivity contribution in [1.82, 2.24) is 4.31 Å². The third-order valence-corrected chi connectivity index (χ3v) is 6.73. The van der Waals surface area contributed by atoms with E-state index in [1.54, 1.807) is 25.1 Å². The number of nitrogens with zero attached hydrogens (tertiary/aromatic N) is 1. The molecule has 1 saturated heterocycles. The van der Waals surface area contributed by atoms with Crippen molar-refractivity contribution in [3.8, 4) is 0 Å². The molecule has 1 aliphatic rings. The Kier molecular flexibility index (Phi) is 6.34.